The first-order valence-corrected chi connectivity index (χ1v) is 18.3. The molecule has 2 fully saturated rings. The molecule has 0 aromatic heterocycles. The summed E-state index contributed by atoms with van der Waals surface area (Å²) in [5, 5.41) is 21.7. The fourth-order valence-corrected chi connectivity index (χ4v) is 7.16. The van der Waals surface area contributed by atoms with Gasteiger partial charge in [0.25, 0.3) is 0 Å². The molecule has 0 spiro atoms. The summed E-state index contributed by atoms with van der Waals surface area (Å²) in [7, 11) is 4.78. The Hall–Kier alpha value is -3.26. The van der Waals surface area contributed by atoms with Gasteiger partial charge in [0.15, 0.2) is 0 Å². The number of nitrogens with zero attached hydrogens (tertiary/aromatic N) is 4. The van der Waals surface area contributed by atoms with Gasteiger partial charge in [0.1, 0.15) is 29.8 Å². The topological polar surface area (TPSA) is 124 Å². The smallest absolute Gasteiger partial charge is 0.237 e. The van der Waals surface area contributed by atoms with Gasteiger partial charge < -0.3 is 39.0 Å². The molecule has 2 aromatic carbocycles. The van der Waals surface area contributed by atoms with E-state index in [1.54, 1.807) is 19.1 Å². The molecular formula is C39H60N4O8. The number of amides is 2. The summed E-state index contributed by atoms with van der Waals surface area (Å²) in [6.45, 7) is 11.3. The largest absolute Gasteiger partial charge is 0.497 e. The number of carbonyl (C=O) groups excluding carboxylic acids is 2. The molecule has 0 radical (unpaired) electrons. The van der Waals surface area contributed by atoms with Crippen molar-refractivity contribution in [3.05, 3.63) is 59.7 Å². The lowest BCUT2D eigenvalue weighted by atomic mass is 9.82. The van der Waals surface area contributed by atoms with Crippen molar-refractivity contribution in [1.82, 2.24) is 19.6 Å². The highest BCUT2D eigenvalue weighted by molar-refractivity contribution is 5.79. The van der Waals surface area contributed by atoms with Gasteiger partial charge in [-0.1, -0.05) is 38.1 Å². The van der Waals surface area contributed by atoms with E-state index in [0.717, 1.165) is 44.0 Å². The second kappa shape index (κ2) is 20.1. The Morgan fingerprint density at radius 2 is 1.55 bits per heavy atom. The van der Waals surface area contributed by atoms with Gasteiger partial charge in [-0.05, 0) is 54.2 Å². The molecule has 2 aliphatic rings. The molecule has 284 valence electrons. The molecule has 2 N–H and O–H groups in total. The number of piperazine rings is 1. The van der Waals surface area contributed by atoms with Gasteiger partial charge in [0, 0.05) is 78.9 Å². The van der Waals surface area contributed by atoms with Crippen LogP contribution in [0.3, 0.4) is 0 Å². The molecule has 2 heterocycles. The lowest BCUT2D eigenvalue weighted by Crippen LogP contribution is -2.53. The first-order chi connectivity index (χ1) is 24.5. The van der Waals surface area contributed by atoms with Gasteiger partial charge in [-0.15, -0.1) is 0 Å². The summed E-state index contributed by atoms with van der Waals surface area (Å²) in [4.78, 5) is 36.2. The third-order valence-electron chi connectivity index (χ3n) is 10.3. The average molecular weight is 713 g/mol. The van der Waals surface area contributed by atoms with E-state index in [0.29, 0.717) is 38.3 Å². The molecule has 12 heteroatoms. The lowest BCUT2D eigenvalue weighted by Gasteiger charge is -2.43. The van der Waals surface area contributed by atoms with Crippen molar-refractivity contribution in [2.45, 2.75) is 64.5 Å². The Morgan fingerprint density at radius 1 is 0.882 bits per heavy atom. The van der Waals surface area contributed by atoms with Crippen LogP contribution in [0, 0.1) is 11.8 Å². The van der Waals surface area contributed by atoms with E-state index in [4.69, 9.17) is 18.9 Å². The van der Waals surface area contributed by atoms with Crippen molar-refractivity contribution in [3.8, 4) is 11.5 Å². The summed E-state index contributed by atoms with van der Waals surface area (Å²) in [5.74, 6) is 1.29. The van der Waals surface area contributed by atoms with Crippen molar-refractivity contribution in [1.29, 1.82) is 0 Å². The van der Waals surface area contributed by atoms with Crippen molar-refractivity contribution in [2.24, 2.45) is 11.8 Å². The number of rotatable bonds is 9. The van der Waals surface area contributed by atoms with Gasteiger partial charge in [0.05, 0.1) is 33.4 Å². The molecule has 5 unspecified atom stereocenters. The third-order valence-corrected chi connectivity index (χ3v) is 10.3. The van der Waals surface area contributed by atoms with Crippen LogP contribution in [0.2, 0.25) is 0 Å². The van der Waals surface area contributed by atoms with Gasteiger partial charge in [-0.25, -0.2) is 0 Å². The number of aliphatic hydroxyl groups excluding tert-OH is 2. The highest BCUT2D eigenvalue weighted by atomic mass is 16.5. The number of carbonyl (C=O) groups is 2. The number of hydrogen-bond donors (Lipinski definition) is 2. The van der Waals surface area contributed by atoms with Crippen molar-refractivity contribution in [2.75, 3.05) is 86.9 Å². The second-order valence-corrected chi connectivity index (χ2v) is 14.2. The van der Waals surface area contributed by atoms with E-state index in [-0.39, 0.29) is 49.4 Å². The molecule has 2 amide bonds. The summed E-state index contributed by atoms with van der Waals surface area (Å²) < 4.78 is 22.4. The zero-order chi connectivity index (χ0) is 36.9. The van der Waals surface area contributed by atoms with Gasteiger partial charge in [0.2, 0.25) is 11.8 Å². The highest BCUT2D eigenvalue weighted by Gasteiger charge is 2.38. The van der Waals surface area contributed by atoms with Gasteiger partial charge in [-0.3, -0.25) is 19.4 Å². The molecule has 2 aliphatic heterocycles. The van der Waals surface area contributed by atoms with Crippen LogP contribution >= 0.6 is 0 Å². The minimum atomic E-state index is -1.25. The Balaban J connectivity index is 1.63. The Kier molecular flexibility index (Phi) is 16.0. The van der Waals surface area contributed by atoms with Crippen molar-refractivity contribution >= 4 is 11.8 Å². The van der Waals surface area contributed by atoms with Crippen LogP contribution in [0.25, 0.3) is 0 Å². The number of ether oxygens (including phenoxy) is 4. The van der Waals surface area contributed by atoms with Crippen molar-refractivity contribution in [3.63, 3.8) is 0 Å². The fraction of sp³-hybridized carbons (Fsp3) is 0.641. The molecule has 12 nitrogen and oxygen atoms in total. The third kappa shape index (κ3) is 11.6. The maximum absolute atomic E-state index is 14.6. The van der Waals surface area contributed by atoms with Crippen LogP contribution in [-0.2, 0) is 25.6 Å². The predicted molar refractivity (Wildman–Crippen MR) is 196 cm³/mol. The second-order valence-electron chi connectivity index (χ2n) is 14.2. The normalized spacial score (nSPS) is 25.2. The number of hydrogen-bond acceptors (Lipinski definition) is 10. The standard InChI is InChI=1S/C39H60N4O8/c1-28(2)34-24-42(29(3)44)25-36(50-6)39(47)35(45)27-51-20-8-7-15-43(38(34)31-12-10-14-33(22-31)49-5)37(46)26-41-18-16-40(17-19-41)23-30-11-9-13-32(21-30)48-4/h9-14,21-22,28,34-36,38-39,45,47H,7-8,15-20,23-27H2,1-6H3. The monoisotopic (exact) mass is 712 g/mol. The van der Waals surface area contributed by atoms with E-state index in [2.05, 4.69) is 35.8 Å². The quantitative estimate of drug-likeness (QED) is 0.401. The zero-order valence-electron chi connectivity index (χ0n) is 31.4. The highest BCUT2D eigenvalue weighted by Crippen LogP contribution is 2.37. The van der Waals surface area contributed by atoms with Crippen LogP contribution in [0.5, 0.6) is 11.5 Å². The molecule has 0 saturated carbocycles. The van der Waals surface area contributed by atoms with Crippen LogP contribution in [0.15, 0.2) is 48.5 Å². The van der Waals surface area contributed by atoms with E-state index < -0.39 is 18.3 Å². The van der Waals surface area contributed by atoms with Crippen LogP contribution < -0.4 is 9.47 Å². The van der Waals surface area contributed by atoms with Crippen LogP contribution in [0.1, 0.15) is 50.8 Å². The Bertz CT molecular complexity index is 1370. The Morgan fingerprint density at radius 3 is 2.20 bits per heavy atom. The minimum absolute atomic E-state index is 0.0370. The minimum Gasteiger partial charge on any atom is -0.497 e. The fourth-order valence-electron chi connectivity index (χ4n) is 7.16. The Labute approximate surface area is 304 Å². The molecular weight excluding hydrogens is 652 g/mol. The lowest BCUT2D eigenvalue weighted by molar-refractivity contribution is -0.140. The predicted octanol–water partition coefficient (Wildman–Crippen LogP) is 3.06. The van der Waals surface area contributed by atoms with E-state index in [9.17, 15) is 19.8 Å². The first-order valence-electron chi connectivity index (χ1n) is 18.3. The summed E-state index contributed by atoms with van der Waals surface area (Å²) >= 11 is 0. The molecule has 0 aliphatic carbocycles. The maximum Gasteiger partial charge on any atom is 0.237 e. The molecule has 5 atom stereocenters. The molecule has 51 heavy (non-hydrogen) atoms. The molecule has 2 aromatic rings. The van der Waals surface area contributed by atoms with Crippen LogP contribution in [0.4, 0.5) is 0 Å². The van der Waals surface area contributed by atoms with Gasteiger partial charge >= 0.3 is 0 Å². The van der Waals surface area contributed by atoms with Crippen LogP contribution in [-0.4, -0.2) is 147 Å². The maximum atomic E-state index is 14.6. The SMILES string of the molecule is COc1cccc(CN2CCN(CC(=O)N3CCCCOCC(O)C(O)C(OC)CN(C(C)=O)CC(C(C)C)C3c3cccc(OC)c3)CC2)c1. The zero-order valence-corrected chi connectivity index (χ0v) is 31.4. The van der Waals surface area contributed by atoms with E-state index in [1.165, 1.54) is 19.6 Å². The molecule has 4 rings (SSSR count). The van der Waals surface area contributed by atoms with E-state index >= 15 is 0 Å². The van der Waals surface area contributed by atoms with Crippen molar-refractivity contribution < 1.29 is 38.7 Å². The number of methoxy groups -OCH3 is 3. The summed E-state index contributed by atoms with van der Waals surface area (Å²) in [6.07, 6.45) is -1.90. The first kappa shape index (κ1) is 40.5. The van der Waals surface area contributed by atoms with E-state index in [1.807, 2.05) is 41.3 Å². The summed E-state index contributed by atoms with van der Waals surface area (Å²) in [6, 6.07) is 15.6. The summed E-state index contributed by atoms with van der Waals surface area (Å²) in [5.41, 5.74) is 2.14. The molecule has 0 bridgehead atoms. The average Bonchev–Trinajstić information content (AvgIpc) is 3.13. The number of aliphatic hydroxyl groups is 2. The molecule has 2 saturated heterocycles. The van der Waals surface area contributed by atoms with Gasteiger partial charge in [-0.2, -0.15) is 0 Å². The number of benzene rings is 2.